The van der Waals surface area contributed by atoms with Crippen molar-refractivity contribution in [2.45, 2.75) is 51.5 Å². The smallest absolute Gasteiger partial charge is 0.281 e. The summed E-state index contributed by atoms with van der Waals surface area (Å²) in [4.78, 5) is 2.65. The summed E-state index contributed by atoms with van der Waals surface area (Å²) in [5.74, 6) is 2.16. The van der Waals surface area contributed by atoms with Gasteiger partial charge in [0.05, 0.1) is 14.2 Å². The van der Waals surface area contributed by atoms with Crippen LogP contribution in [-0.4, -0.2) is 82.5 Å². The highest BCUT2D eigenvalue weighted by Crippen LogP contribution is 2.35. The minimum absolute atomic E-state index is 0.522. The maximum Gasteiger partial charge on any atom is 0.281 e. The Balaban J connectivity index is 1.64. The molecule has 1 aliphatic heterocycles. The van der Waals surface area contributed by atoms with Crippen LogP contribution in [0, 0.1) is 5.92 Å². The standard InChI is InChI=1S/C23H39N3O4S/c1-6-11-25(17-18-9-12-26(13-10-18)31(27,28)24(2)3)21-8-7-19-15-22(29-4)23(30-5)16-20(19)14-21/h15-16,18,21H,6-14,17H2,1-5H3. The van der Waals surface area contributed by atoms with Gasteiger partial charge in [0.15, 0.2) is 11.5 Å². The lowest BCUT2D eigenvalue weighted by Gasteiger charge is -2.39. The van der Waals surface area contributed by atoms with Crippen LogP contribution in [0.2, 0.25) is 0 Å². The lowest BCUT2D eigenvalue weighted by atomic mass is 9.86. The molecule has 2 aliphatic rings. The average molecular weight is 454 g/mol. The normalized spacial score (nSPS) is 20.8. The van der Waals surface area contributed by atoms with Crippen molar-refractivity contribution in [1.82, 2.24) is 13.5 Å². The first-order chi connectivity index (χ1) is 14.8. The van der Waals surface area contributed by atoms with Crippen LogP contribution < -0.4 is 9.47 Å². The van der Waals surface area contributed by atoms with Gasteiger partial charge in [-0.1, -0.05) is 6.92 Å². The number of aryl methyl sites for hydroxylation is 1. The van der Waals surface area contributed by atoms with E-state index in [0.29, 0.717) is 25.0 Å². The van der Waals surface area contributed by atoms with E-state index in [0.717, 1.165) is 63.1 Å². The van der Waals surface area contributed by atoms with Crippen LogP contribution >= 0.6 is 0 Å². The molecule has 1 aromatic rings. The molecule has 1 aliphatic carbocycles. The van der Waals surface area contributed by atoms with E-state index in [1.165, 1.54) is 15.4 Å². The van der Waals surface area contributed by atoms with Crippen LogP contribution in [0.15, 0.2) is 12.1 Å². The summed E-state index contributed by atoms with van der Waals surface area (Å²) < 4.78 is 38.8. The Morgan fingerprint density at radius 2 is 1.65 bits per heavy atom. The molecule has 1 fully saturated rings. The number of nitrogens with zero attached hydrogens (tertiary/aromatic N) is 3. The Morgan fingerprint density at radius 1 is 1.03 bits per heavy atom. The van der Waals surface area contributed by atoms with Crippen LogP contribution in [0.5, 0.6) is 11.5 Å². The van der Waals surface area contributed by atoms with Gasteiger partial charge >= 0.3 is 0 Å². The van der Waals surface area contributed by atoms with Gasteiger partial charge in [-0.25, -0.2) is 0 Å². The fourth-order valence-corrected chi connectivity index (χ4v) is 6.11. The van der Waals surface area contributed by atoms with Gasteiger partial charge in [-0.3, -0.25) is 4.90 Å². The molecule has 7 nitrogen and oxygen atoms in total. The van der Waals surface area contributed by atoms with E-state index in [4.69, 9.17) is 9.47 Å². The molecule has 1 atom stereocenters. The van der Waals surface area contributed by atoms with E-state index >= 15 is 0 Å². The zero-order valence-corrected chi connectivity index (χ0v) is 20.6. The van der Waals surface area contributed by atoms with E-state index in [2.05, 4.69) is 24.0 Å². The molecule has 0 saturated carbocycles. The van der Waals surface area contributed by atoms with Gasteiger partial charge in [-0.05, 0) is 74.2 Å². The average Bonchev–Trinajstić information content (AvgIpc) is 2.77. The molecular formula is C23H39N3O4S. The molecule has 1 unspecified atom stereocenters. The summed E-state index contributed by atoms with van der Waals surface area (Å²) in [5.41, 5.74) is 2.73. The summed E-state index contributed by atoms with van der Waals surface area (Å²) in [6.07, 6.45) is 6.23. The zero-order valence-electron chi connectivity index (χ0n) is 19.8. The molecule has 176 valence electrons. The number of hydrogen-bond donors (Lipinski definition) is 0. The molecule has 1 heterocycles. The molecule has 0 radical (unpaired) electrons. The molecule has 8 heteroatoms. The van der Waals surface area contributed by atoms with E-state index in [1.807, 2.05) is 0 Å². The third kappa shape index (κ3) is 5.53. The predicted molar refractivity (Wildman–Crippen MR) is 124 cm³/mol. The number of rotatable bonds is 9. The summed E-state index contributed by atoms with van der Waals surface area (Å²) in [7, 11) is 3.30. The van der Waals surface area contributed by atoms with Gasteiger partial charge < -0.3 is 9.47 Å². The highest BCUT2D eigenvalue weighted by atomic mass is 32.2. The SMILES string of the molecule is CCCN(CC1CCN(S(=O)(=O)N(C)C)CC1)C1CCc2cc(OC)c(OC)cc2C1. The fraction of sp³-hybridized carbons (Fsp3) is 0.739. The number of fused-ring (bicyclic) bond motifs is 1. The van der Waals surface area contributed by atoms with Gasteiger partial charge in [0, 0.05) is 39.8 Å². The minimum atomic E-state index is -3.30. The van der Waals surface area contributed by atoms with Crippen LogP contribution in [0.3, 0.4) is 0 Å². The molecule has 0 amide bonds. The number of hydrogen-bond acceptors (Lipinski definition) is 5. The molecule has 1 aromatic carbocycles. The van der Waals surface area contributed by atoms with E-state index < -0.39 is 10.2 Å². The number of piperidine rings is 1. The lowest BCUT2D eigenvalue weighted by molar-refractivity contribution is 0.128. The van der Waals surface area contributed by atoms with Crippen LogP contribution in [0.1, 0.15) is 43.7 Å². The van der Waals surface area contributed by atoms with Crippen molar-refractivity contribution in [3.8, 4) is 11.5 Å². The van der Waals surface area contributed by atoms with Crippen molar-refractivity contribution in [3.05, 3.63) is 23.3 Å². The quantitative estimate of drug-likeness (QED) is 0.575. The van der Waals surface area contributed by atoms with Crippen molar-refractivity contribution in [1.29, 1.82) is 0 Å². The summed E-state index contributed by atoms with van der Waals surface area (Å²) in [6.45, 7) is 5.62. The molecule has 0 bridgehead atoms. The molecular weight excluding hydrogens is 414 g/mol. The van der Waals surface area contributed by atoms with E-state index in [1.54, 1.807) is 32.6 Å². The highest BCUT2D eigenvalue weighted by molar-refractivity contribution is 7.86. The Bertz CT molecular complexity index is 835. The van der Waals surface area contributed by atoms with Crippen molar-refractivity contribution in [2.24, 2.45) is 5.92 Å². The number of benzene rings is 1. The second kappa shape index (κ2) is 10.5. The predicted octanol–water partition coefficient (Wildman–Crippen LogP) is 2.79. The first-order valence-electron chi connectivity index (χ1n) is 11.5. The van der Waals surface area contributed by atoms with Crippen LogP contribution in [0.4, 0.5) is 0 Å². The third-order valence-corrected chi connectivity index (χ3v) is 8.73. The molecule has 0 spiro atoms. The Labute approximate surface area is 188 Å². The van der Waals surface area contributed by atoms with Crippen molar-refractivity contribution in [3.63, 3.8) is 0 Å². The largest absolute Gasteiger partial charge is 0.493 e. The first-order valence-corrected chi connectivity index (χ1v) is 12.8. The molecule has 3 rings (SSSR count). The fourth-order valence-electron chi connectivity index (χ4n) is 4.97. The first kappa shape index (κ1) is 24.3. The van der Waals surface area contributed by atoms with E-state index in [-0.39, 0.29) is 0 Å². The second-order valence-corrected chi connectivity index (χ2v) is 11.1. The molecule has 0 aromatic heterocycles. The van der Waals surface area contributed by atoms with Crippen LogP contribution in [-0.2, 0) is 23.1 Å². The summed E-state index contributed by atoms with van der Waals surface area (Å²) in [6, 6.07) is 4.80. The third-order valence-electron chi connectivity index (χ3n) is 6.79. The molecule has 1 saturated heterocycles. The summed E-state index contributed by atoms with van der Waals surface area (Å²) >= 11 is 0. The van der Waals surface area contributed by atoms with Gasteiger partial charge in [-0.15, -0.1) is 0 Å². The Morgan fingerprint density at radius 3 is 2.19 bits per heavy atom. The Hall–Kier alpha value is -1.35. The van der Waals surface area contributed by atoms with Gasteiger partial charge in [0.25, 0.3) is 10.2 Å². The topological polar surface area (TPSA) is 62.3 Å². The van der Waals surface area contributed by atoms with Gasteiger partial charge in [-0.2, -0.15) is 17.0 Å². The minimum Gasteiger partial charge on any atom is -0.493 e. The maximum absolute atomic E-state index is 12.4. The monoisotopic (exact) mass is 453 g/mol. The number of methoxy groups -OCH3 is 2. The number of ether oxygens (including phenoxy) is 2. The van der Waals surface area contributed by atoms with E-state index in [9.17, 15) is 8.42 Å². The second-order valence-electron chi connectivity index (χ2n) is 9.00. The zero-order chi connectivity index (χ0) is 22.6. The maximum atomic E-state index is 12.4. The Kier molecular flexibility index (Phi) is 8.24. The summed E-state index contributed by atoms with van der Waals surface area (Å²) in [5, 5.41) is 0. The van der Waals surface area contributed by atoms with Crippen LogP contribution in [0.25, 0.3) is 0 Å². The highest BCUT2D eigenvalue weighted by Gasteiger charge is 2.32. The molecule has 0 N–H and O–H groups in total. The van der Waals surface area contributed by atoms with Gasteiger partial charge in [0.1, 0.15) is 0 Å². The van der Waals surface area contributed by atoms with Crippen molar-refractivity contribution < 1.29 is 17.9 Å². The van der Waals surface area contributed by atoms with Crippen molar-refractivity contribution >= 4 is 10.2 Å². The van der Waals surface area contributed by atoms with Crippen molar-refractivity contribution in [2.75, 3.05) is 54.5 Å². The lowest BCUT2D eigenvalue weighted by Crippen LogP contribution is -2.48. The van der Waals surface area contributed by atoms with Gasteiger partial charge in [0.2, 0.25) is 0 Å². The molecule has 31 heavy (non-hydrogen) atoms.